The Balaban J connectivity index is 2.09. The summed E-state index contributed by atoms with van der Waals surface area (Å²) in [5, 5.41) is 0. The Hall–Kier alpha value is -1.63. The minimum absolute atomic E-state index is 0.159. The molecule has 0 atom stereocenters. The summed E-state index contributed by atoms with van der Waals surface area (Å²) in [6.07, 6.45) is -1.52. The number of amides is 1. The molecule has 20 heavy (non-hydrogen) atoms. The Morgan fingerprint density at radius 3 is 2.50 bits per heavy atom. The molecule has 1 aliphatic carbocycles. The number of benzene rings is 1. The molecule has 0 aromatic heterocycles. The first-order valence-corrected chi connectivity index (χ1v) is 6.21. The fourth-order valence-corrected chi connectivity index (χ4v) is 2.12. The second-order valence-electron chi connectivity index (χ2n) is 4.62. The molecule has 1 fully saturated rings. The SMILES string of the molecule is O=C(NOC1CCCC1)c1cccc(C(F)(F)F)c1F. The molecule has 0 radical (unpaired) electrons. The quantitative estimate of drug-likeness (QED) is 0.684. The molecule has 1 N–H and O–H groups in total. The van der Waals surface area contributed by atoms with Crippen molar-refractivity contribution in [3.8, 4) is 0 Å². The summed E-state index contributed by atoms with van der Waals surface area (Å²) in [7, 11) is 0. The van der Waals surface area contributed by atoms with E-state index in [0.29, 0.717) is 6.07 Å². The van der Waals surface area contributed by atoms with Gasteiger partial charge in [0.05, 0.1) is 17.2 Å². The monoisotopic (exact) mass is 291 g/mol. The lowest BCUT2D eigenvalue weighted by Crippen LogP contribution is -2.29. The number of carbonyl (C=O) groups is 1. The Bertz CT molecular complexity index is 496. The van der Waals surface area contributed by atoms with Gasteiger partial charge in [-0.3, -0.25) is 9.63 Å². The molecule has 1 aromatic carbocycles. The molecule has 110 valence electrons. The summed E-state index contributed by atoms with van der Waals surface area (Å²) in [5.41, 5.74) is -0.135. The third kappa shape index (κ3) is 3.27. The zero-order chi connectivity index (χ0) is 14.8. The van der Waals surface area contributed by atoms with Crippen LogP contribution < -0.4 is 5.48 Å². The van der Waals surface area contributed by atoms with Gasteiger partial charge in [0.25, 0.3) is 5.91 Å². The standard InChI is InChI=1S/C13H13F4NO2/c14-11-9(6-3-7-10(11)13(15,16)17)12(19)18-20-8-4-1-2-5-8/h3,6-8H,1-2,4-5H2,(H,18,19). The fourth-order valence-electron chi connectivity index (χ4n) is 2.12. The minimum atomic E-state index is -4.84. The number of alkyl halides is 3. The molecule has 1 aliphatic rings. The van der Waals surface area contributed by atoms with Crippen molar-refractivity contribution in [2.75, 3.05) is 0 Å². The maximum absolute atomic E-state index is 13.7. The molecule has 3 nitrogen and oxygen atoms in total. The summed E-state index contributed by atoms with van der Waals surface area (Å²) in [6.45, 7) is 0. The van der Waals surface area contributed by atoms with E-state index in [1.165, 1.54) is 0 Å². The zero-order valence-corrected chi connectivity index (χ0v) is 10.5. The molecule has 0 bridgehead atoms. The summed E-state index contributed by atoms with van der Waals surface area (Å²) in [5.74, 6) is -2.60. The van der Waals surface area contributed by atoms with E-state index in [9.17, 15) is 22.4 Å². The van der Waals surface area contributed by atoms with E-state index in [-0.39, 0.29) is 6.10 Å². The van der Waals surface area contributed by atoms with E-state index in [2.05, 4.69) is 0 Å². The first-order chi connectivity index (χ1) is 9.39. The lowest BCUT2D eigenvalue weighted by atomic mass is 10.1. The Kier molecular flexibility index (Phi) is 4.27. The van der Waals surface area contributed by atoms with Gasteiger partial charge in [-0.25, -0.2) is 9.87 Å². The van der Waals surface area contributed by atoms with Crippen molar-refractivity contribution in [1.29, 1.82) is 0 Å². The maximum Gasteiger partial charge on any atom is 0.419 e. The molecular formula is C13H13F4NO2. The predicted octanol–water partition coefficient (Wildman–Crippen LogP) is 3.45. The van der Waals surface area contributed by atoms with Gasteiger partial charge in [-0.05, 0) is 25.0 Å². The number of hydrogen-bond donors (Lipinski definition) is 1. The van der Waals surface area contributed by atoms with Crippen LogP contribution in [0.25, 0.3) is 0 Å². The van der Waals surface area contributed by atoms with E-state index in [4.69, 9.17) is 4.84 Å². The van der Waals surface area contributed by atoms with Crippen molar-refractivity contribution in [2.24, 2.45) is 0 Å². The Morgan fingerprint density at radius 2 is 1.90 bits per heavy atom. The summed E-state index contributed by atoms with van der Waals surface area (Å²) >= 11 is 0. The van der Waals surface area contributed by atoms with Crippen LogP contribution in [-0.2, 0) is 11.0 Å². The normalized spacial score (nSPS) is 16.4. The maximum atomic E-state index is 13.7. The van der Waals surface area contributed by atoms with Gasteiger partial charge < -0.3 is 0 Å². The van der Waals surface area contributed by atoms with Gasteiger partial charge in [0.15, 0.2) is 0 Å². The fraction of sp³-hybridized carbons (Fsp3) is 0.462. The van der Waals surface area contributed by atoms with Gasteiger partial charge in [0.1, 0.15) is 5.82 Å². The number of rotatable bonds is 3. The third-order valence-electron chi connectivity index (χ3n) is 3.17. The summed E-state index contributed by atoms with van der Waals surface area (Å²) in [6, 6.07) is 2.55. The number of hydroxylamine groups is 1. The molecule has 0 spiro atoms. The van der Waals surface area contributed by atoms with Gasteiger partial charge in [-0.1, -0.05) is 18.9 Å². The van der Waals surface area contributed by atoms with Crippen LogP contribution in [-0.4, -0.2) is 12.0 Å². The highest BCUT2D eigenvalue weighted by Crippen LogP contribution is 2.32. The van der Waals surface area contributed by atoms with Crippen molar-refractivity contribution in [3.05, 3.63) is 35.1 Å². The minimum Gasteiger partial charge on any atom is -0.270 e. The molecule has 7 heteroatoms. The second kappa shape index (κ2) is 5.78. The average Bonchev–Trinajstić information content (AvgIpc) is 2.88. The van der Waals surface area contributed by atoms with Crippen molar-refractivity contribution in [2.45, 2.75) is 38.0 Å². The zero-order valence-electron chi connectivity index (χ0n) is 10.5. The number of halogens is 4. The molecule has 0 saturated heterocycles. The molecule has 0 heterocycles. The smallest absolute Gasteiger partial charge is 0.270 e. The molecule has 1 saturated carbocycles. The van der Waals surface area contributed by atoms with Crippen LogP contribution in [0.4, 0.5) is 17.6 Å². The van der Waals surface area contributed by atoms with Crippen molar-refractivity contribution < 1.29 is 27.2 Å². The van der Waals surface area contributed by atoms with Gasteiger partial charge in [0.2, 0.25) is 0 Å². The van der Waals surface area contributed by atoms with Crippen molar-refractivity contribution >= 4 is 5.91 Å². The predicted molar refractivity (Wildman–Crippen MR) is 62.2 cm³/mol. The Labute approximate surface area is 112 Å². The van der Waals surface area contributed by atoms with Crippen LogP contribution in [0, 0.1) is 5.82 Å². The summed E-state index contributed by atoms with van der Waals surface area (Å²) in [4.78, 5) is 16.7. The highest BCUT2D eigenvalue weighted by atomic mass is 19.4. The third-order valence-corrected chi connectivity index (χ3v) is 3.17. The Morgan fingerprint density at radius 1 is 1.25 bits per heavy atom. The van der Waals surface area contributed by atoms with Gasteiger partial charge in [-0.15, -0.1) is 0 Å². The van der Waals surface area contributed by atoms with Gasteiger partial charge in [0, 0.05) is 0 Å². The van der Waals surface area contributed by atoms with E-state index in [1.807, 2.05) is 5.48 Å². The van der Waals surface area contributed by atoms with Crippen molar-refractivity contribution in [3.63, 3.8) is 0 Å². The van der Waals surface area contributed by atoms with Crippen LogP contribution in [0.1, 0.15) is 41.6 Å². The molecule has 2 rings (SSSR count). The van der Waals surface area contributed by atoms with Crippen LogP contribution in [0.5, 0.6) is 0 Å². The average molecular weight is 291 g/mol. The number of carbonyl (C=O) groups excluding carboxylic acids is 1. The van der Waals surface area contributed by atoms with Gasteiger partial charge >= 0.3 is 6.18 Å². The van der Waals surface area contributed by atoms with E-state index in [0.717, 1.165) is 37.8 Å². The van der Waals surface area contributed by atoms with Crippen LogP contribution >= 0.6 is 0 Å². The van der Waals surface area contributed by atoms with E-state index < -0.39 is 29.0 Å². The first kappa shape index (κ1) is 14.8. The molecule has 0 unspecified atom stereocenters. The van der Waals surface area contributed by atoms with Crippen molar-refractivity contribution in [1.82, 2.24) is 5.48 Å². The van der Waals surface area contributed by atoms with Crippen LogP contribution in [0.3, 0.4) is 0 Å². The molecule has 1 amide bonds. The molecule has 0 aliphatic heterocycles. The highest BCUT2D eigenvalue weighted by molar-refractivity contribution is 5.94. The topological polar surface area (TPSA) is 38.3 Å². The highest BCUT2D eigenvalue weighted by Gasteiger charge is 2.35. The lowest BCUT2D eigenvalue weighted by molar-refractivity contribution is -0.140. The lowest BCUT2D eigenvalue weighted by Gasteiger charge is -2.13. The number of hydrogen-bond acceptors (Lipinski definition) is 2. The second-order valence-corrected chi connectivity index (χ2v) is 4.62. The molecule has 1 aromatic rings. The first-order valence-electron chi connectivity index (χ1n) is 6.21. The van der Waals surface area contributed by atoms with Gasteiger partial charge in [-0.2, -0.15) is 13.2 Å². The molecular weight excluding hydrogens is 278 g/mol. The van der Waals surface area contributed by atoms with Crippen LogP contribution in [0.2, 0.25) is 0 Å². The van der Waals surface area contributed by atoms with Crippen LogP contribution in [0.15, 0.2) is 18.2 Å². The number of nitrogens with one attached hydrogen (secondary N) is 1. The van der Waals surface area contributed by atoms with E-state index >= 15 is 0 Å². The van der Waals surface area contributed by atoms with E-state index in [1.54, 1.807) is 0 Å². The summed E-state index contributed by atoms with van der Waals surface area (Å²) < 4.78 is 51.2. The largest absolute Gasteiger partial charge is 0.419 e.